The summed E-state index contributed by atoms with van der Waals surface area (Å²) >= 11 is 6.08. The zero-order valence-corrected chi connectivity index (χ0v) is 10.6. The number of imidazole rings is 1. The predicted octanol–water partition coefficient (Wildman–Crippen LogP) is 2.15. The molecule has 0 unspecified atom stereocenters. The third-order valence-corrected chi connectivity index (χ3v) is 2.88. The average molecular weight is 266 g/mol. The minimum Gasteiger partial charge on any atom is -0.481 e. The van der Waals surface area contributed by atoms with E-state index in [0.717, 1.165) is 5.69 Å². The fourth-order valence-corrected chi connectivity index (χ4v) is 2.05. The molecule has 0 saturated heterocycles. The smallest absolute Gasteiger partial charge is 0.303 e. The number of halogens is 1. The Balaban J connectivity index is 2.35. The molecule has 0 aromatic carbocycles. The zero-order chi connectivity index (χ0) is 13.1. The molecule has 0 aliphatic carbocycles. The molecule has 2 aromatic rings. The molecule has 1 N–H and O–H groups in total. The number of aliphatic carboxylic acids is 1. The van der Waals surface area contributed by atoms with Crippen molar-refractivity contribution < 1.29 is 9.90 Å². The van der Waals surface area contributed by atoms with E-state index in [9.17, 15) is 4.79 Å². The van der Waals surface area contributed by atoms with Gasteiger partial charge in [-0.05, 0) is 12.1 Å². The number of carboxylic acid groups (broad SMARTS) is 1. The Labute approximate surface area is 109 Å². The molecule has 2 rings (SSSR count). The van der Waals surface area contributed by atoms with E-state index < -0.39 is 5.97 Å². The normalized spacial score (nSPS) is 10.6. The summed E-state index contributed by atoms with van der Waals surface area (Å²) in [6.07, 6.45) is 2.05. The van der Waals surface area contributed by atoms with Gasteiger partial charge in [-0.3, -0.25) is 9.78 Å². The van der Waals surface area contributed by atoms with Crippen LogP contribution in [0.4, 0.5) is 0 Å². The lowest BCUT2D eigenvalue weighted by atomic mass is 10.3. The summed E-state index contributed by atoms with van der Waals surface area (Å²) in [4.78, 5) is 19.0. The molecular weight excluding hydrogens is 254 g/mol. The van der Waals surface area contributed by atoms with E-state index in [1.165, 1.54) is 0 Å². The van der Waals surface area contributed by atoms with Gasteiger partial charge < -0.3 is 9.67 Å². The van der Waals surface area contributed by atoms with Gasteiger partial charge in [0.05, 0.1) is 12.1 Å². The third-order valence-electron chi connectivity index (χ3n) is 2.62. The van der Waals surface area contributed by atoms with Crippen LogP contribution in [-0.4, -0.2) is 25.6 Å². The van der Waals surface area contributed by atoms with Crippen molar-refractivity contribution in [2.45, 2.75) is 12.8 Å². The van der Waals surface area contributed by atoms with Crippen LogP contribution >= 0.6 is 11.6 Å². The number of carbonyl (C=O) groups is 1. The first-order valence-corrected chi connectivity index (χ1v) is 5.81. The second-order valence-corrected chi connectivity index (χ2v) is 4.19. The Morgan fingerprint density at radius 3 is 2.89 bits per heavy atom. The number of aromatic nitrogens is 3. The number of rotatable bonds is 4. The number of carboxylic acids is 1. The third kappa shape index (κ3) is 2.51. The largest absolute Gasteiger partial charge is 0.481 e. The Kier molecular flexibility index (Phi) is 3.62. The topological polar surface area (TPSA) is 68.0 Å². The van der Waals surface area contributed by atoms with Crippen LogP contribution in [0.3, 0.4) is 0 Å². The van der Waals surface area contributed by atoms with Crippen molar-refractivity contribution in [2.24, 2.45) is 7.05 Å². The molecule has 0 spiro atoms. The van der Waals surface area contributed by atoms with Gasteiger partial charge in [0.2, 0.25) is 0 Å². The Bertz CT molecular complexity index is 566. The maximum absolute atomic E-state index is 10.6. The fraction of sp³-hybridized carbons (Fsp3) is 0.250. The molecule has 5 nitrogen and oxygen atoms in total. The number of nitrogens with zero attached hydrogens (tertiary/aromatic N) is 3. The van der Waals surface area contributed by atoms with Crippen LogP contribution < -0.4 is 0 Å². The highest BCUT2D eigenvalue weighted by molar-refractivity contribution is 6.31. The summed E-state index contributed by atoms with van der Waals surface area (Å²) in [7, 11) is 1.81. The van der Waals surface area contributed by atoms with Gasteiger partial charge in [-0.2, -0.15) is 0 Å². The Morgan fingerprint density at radius 2 is 2.28 bits per heavy atom. The average Bonchev–Trinajstić information content (AvgIpc) is 2.63. The van der Waals surface area contributed by atoms with Crippen molar-refractivity contribution in [3.8, 4) is 11.4 Å². The highest BCUT2D eigenvalue weighted by atomic mass is 35.5. The first kappa shape index (κ1) is 12.6. The SMILES string of the molecule is Cn1c(CCC(=O)O)nc(Cl)c1-c1ccccn1. The lowest BCUT2D eigenvalue weighted by Crippen LogP contribution is -2.04. The Hall–Kier alpha value is -1.88. The summed E-state index contributed by atoms with van der Waals surface area (Å²) in [6.45, 7) is 0. The van der Waals surface area contributed by atoms with Crippen molar-refractivity contribution >= 4 is 17.6 Å². The molecule has 2 aromatic heterocycles. The van der Waals surface area contributed by atoms with Crippen LogP contribution in [0, 0.1) is 0 Å². The van der Waals surface area contributed by atoms with Crippen molar-refractivity contribution in [2.75, 3.05) is 0 Å². The molecule has 6 heteroatoms. The van der Waals surface area contributed by atoms with Gasteiger partial charge in [0.25, 0.3) is 0 Å². The summed E-state index contributed by atoms with van der Waals surface area (Å²) in [5.74, 6) is -0.212. The number of aryl methyl sites for hydroxylation is 1. The van der Waals surface area contributed by atoms with E-state index in [-0.39, 0.29) is 6.42 Å². The monoisotopic (exact) mass is 265 g/mol. The van der Waals surface area contributed by atoms with E-state index in [2.05, 4.69) is 9.97 Å². The number of hydrogen-bond donors (Lipinski definition) is 1. The van der Waals surface area contributed by atoms with E-state index in [1.807, 2.05) is 18.2 Å². The zero-order valence-electron chi connectivity index (χ0n) is 9.80. The second kappa shape index (κ2) is 5.18. The second-order valence-electron chi connectivity index (χ2n) is 3.84. The molecule has 0 fully saturated rings. The lowest BCUT2D eigenvalue weighted by molar-refractivity contribution is -0.137. The molecule has 0 saturated carbocycles. The predicted molar refractivity (Wildman–Crippen MR) is 67.4 cm³/mol. The molecule has 94 valence electrons. The highest BCUT2D eigenvalue weighted by Gasteiger charge is 2.16. The van der Waals surface area contributed by atoms with E-state index in [1.54, 1.807) is 17.8 Å². The van der Waals surface area contributed by atoms with Crippen LogP contribution in [-0.2, 0) is 18.3 Å². The maximum atomic E-state index is 10.6. The molecule has 0 amide bonds. The molecule has 0 atom stereocenters. The minimum atomic E-state index is -0.853. The van der Waals surface area contributed by atoms with Crippen LogP contribution in [0.2, 0.25) is 5.15 Å². The van der Waals surface area contributed by atoms with Crippen LogP contribution in [0.1, 0.15) is 12.2 Å². The van der Waals surface area contributed by atoms with E-state index in [0.29, 0.717) is 23.1 Å². The van der Waals surface area contributed by atoms with Crippen LogP contribution in [0.5, 0.6) is 0 Å². The summed E-state index contributed by atoms with van der Waals surface area (Å²) < 4.78 is 1.79. The maximum Gasteiger partial charge on any atom is 0.303 e. The first-order chi connectivity index (χ1) is 8.59. The number of pyridine rings is 1. The summed E-state index contributed by atoms with van der Waals surface area (Å²) in [5, 5.41) is 9.02. The van der Waals surface area contributed by atoms with Gasteiger partial charge in [-0.25, -0.2) is 4.98 Å². The summed E-state index contributed by atoms with van der Waals surface area (Å²) in [5.41, 5.74) is 1.43. The lowest BCUT2D eigenvalue weighted by Gasteiger charge is -2.04. The van der Waals surface area contributed by atoms with Gasteiger partial charge in [0, 0.05) is 19.7 Å². The van der Waals surface area contributed by atoms with Gasteiger partial charge in [0.15, 0.2) is 5.15 Å². The molecule has 0 aliphatic heterocycles. The van der Waals surface area contributed by atoms with Crippen molar-refractivity contribution in [1.82, 2.24) is 14.5 Å². The van der Waals surface area contributed by atoms with Crippen molar-refractivity contribution in [3.05, 3.63) is 35.4 Å². The number of hydrogen-bond acceptors (Lipinski definition) is 3. The molecule has 0 aliphatic rings. The molecule has 0 bridgehead atoms. The van der Waals surface area contributed by atoms with Gasteiger partial charge in [-0.1, -0.05) is 17.7 Å². The molecule has 18 heavy (non-hydrogen) atoms. The van der Waals surface area contributed by atoms with E-state index in [4.69, 9.17) is 16.7 Å². The molecule has 0 radical (unpaired) electrons. The minimum absolute atomic E-state index is 0.0306. The first-order valence-electron chi connectivity index (χ1n) is 5.44. The Morgan fingerprint density at radius 1 is 1.50 bits per heavy atom. The highest BCUT2D eigenvalue weighted by Crippen LogP contribution is 2.26. The van der Waals surface area contributed by atoms with Gasteiger partial charge in [-0.15, -0.1) is 0 Å². The standard InChI is InChI=1S/C12H12ClN3O2/c1-16-9(5-6-10(17)18)15-12(13)11(16)8-4-2-3-7-14-8/h2-4,7H,5-6H2,1H3,(H,17,18). The quantitative estimate of drug-likeness (QED) is 0.920. The van der Waals surface area contributed by atoms with Crippen molar-refractivity contribution in [3.63, 3.8) is 0 Å². The fourth-order valence-electron chi connectivity index (χ4n) is 1.73. The van der Waals surface area contributed by atoms with Crippen LogP contribution in [0.25, 0.3) is 11.4 Å². The molecular formula is C12H12ClN3O2. The van der Waals surface area contributed by atoms with Crippen molar-refractivity contribution in [1.29, 1.82) is 0 Å². The van der Waals surface area contributed by atoms with Gasteiger partial charge >= 0.3 is 5.97 Å². The van der Waals surface area contributed by atoms with Gasteiger partial charge in [0.1, 0.15) is 11.5 Å². The molecule has 2 heterocycles. The van der Waals surface area contributed by atoms with E-state index >= 15 is 0 Å². The van der Waals surface area contributed by atoms with Crippen LogP contribution in [0.15, 0.2) is 24.4 Å². The summed E-state index contributed by atoms with van der Waals surface area (Å²) in [6, 6.07) is 5.52.